The fourth-order valence-electron chi connectivity index (χ4n) is 2.38. The summed E-state index contributed by atoms with van der Waals surface area (Å²) in [5, 5.41) is 5.36. The van der Waals surface area contributed by atoms with Gasteiger partial charge < -0.3 is 15.2 Å². The van der Waals surface area contributed by atoms with E-state index in [-0.39, 0.29) is 29.8 Å². The average molecular weight is 410 g/mol. The van der Waals surface area contributed by atoms with Crippen LogP contribution in [-0.4, -0.2) is 33.5 Å². The van der Waals surface area contributed by atoms with Gasteiger partial charge in [-0.3, -0.25) is 4.79 Å². The zero-order valence-corrected chi connectivity index (χ0v) is 15.1. The van der Waals surface area contributed by atoms with Gasteiger partial charge in [0.1, 0.15) is 5.82 Å². The number of benzene rings is 1. The van der Waals surface area contributed by atoms with Gasteiger partial charge in [-0.1, -0.05) is 11.6 Å². The van der Waals surface area contributed by atoms with E-state index in [1.165, 1.54) is 0 Å². The molecule has 3 aromatic rings. The molecule has 2 aromatic heterocycles. The molecule has 0 atom stereocenters. The Kier molecular flexibility index (Phi) is 5.84. The first-order valence-electron chi connectivity index (χ1n) is 8.18. The number of hydrogen-bond acceptors (Lipinski definition) is 4. The number of pyridine rings is 1. The Hall–Kier alpha value is -3.07. The van der Waals surface area contributed by atoms with E-state index in [9.17, 15) is 18.0 Å². The number of aromatic nitrogens is 3. The van der Waals surface area contributed by atoms with Crippen molar-refractivity contribution in [3.63, 3.8) is 0 Å². The number of carbonyl (C=O) groups excluding carboxylic acids is 1. The van der Waals surface area contributed by atoms with E-state index in [1.54, 1.807) is 43.0 Å². The number of carbonyl (C=O) groups is 1. The highest BCUT2D eigenvalue weighted by Gasteiger charge is 2.31. The third-order valence-corrected chi connectivity index (χ3v) is 4.09. The predicted molar refractivity (Wildman–Crippen MR) is 98.6 cm³/mol. The first-order valence-corrected chi connectivity index (χ1v) is 8.55. The van der Waals surface area contributed by atoms with Crippen molar-refractivity contribution in [2.45, 2.75) is 6.18 Å². The highest BCUT2D eigenvalue weighted by molar-refractivity contribution is 6.32. The van der Waals surface area contributed by atoms with Gasteiger partial charge >= 0.3 is 6.18 Å². The minimum Gasteiger partial charge on any atom is -0.367 e. The number of rotatable bonds is 6. The smallest absolute Gasteiger partial charge is 0.367 e. The van der Waals surface area contributed by atoms with Gasteiger partial charge in [0.2, 0.25) is 0 Å². The standard InChI is InChI=1S/C18H15ClF3N5O/c19-15-9-13(18(20,21)22)10-26-16(15)24-5-6-25-17(28)12-1-3-14(4-2-12)27-8-7-23-11-27/h1-4,7-11H,5-6H2,(H,24,26)(H,25,28). The Labute approximate surface area is 163 Å². The van der Waals surface area contributed by atoms with Gasteiger partial charge in [0, 0.05) is 42.9 Å². The average Bonchev–Trinajstić information content (AvgIpc) is 3.20. The molecule has 0 bridgehead atoms. The Bertz CT molecular complexity index is 943. The van der Waals surface area contributed by atoms with E-state index in [1.807, 2.05) is 4.57 Å². The van der Waals surface area contributed by atoms with Gasteiger partial charge in [0.15, 0.2) is 0 Å². The quantitative estimate of drug-likeness (QED) is 0.608. The molecule has 2 N–H and O–H groups in total. The molecule has 2 heterocycles. The minimum atomic E-state index is -4.50. The van der Waals surface area contributed by atoms with Crippen LogP contribution in [0.5, 0.6) is 0 Å². The zero-order chi connectivity index (χ0) is 20.1. The first-order chi connectivity index (χ1) is 13.3. The number of nitrogens with one attached hydrogen (secondary N) is 2. The summed E-state index contributed by atoms with van der Waals surface area (Å²) in [6, 6.07) is 7.76. The molecule has 0 unspecified atom stereocenters. The lowest BCUT2D eigenvalue weighted by Gasteiger charge is -2.11. The second-order valence-electron chi connectivity index (χ2n) is 5.75. The van der Waals surface area contributed by atoms with E-state index in [0.29, 0.717) is 11.8 Å². The lowest BCUT2D eigenvalue weighted by atomic mass is 10.2. The molecular formula is C18H15ClF3N5O. The summed E-state index contributed by atoms with van der Waals surface area (Å²) >= 11 is 5.81. The largest absolute Gasteiger partial charge is 0.417 e. The summed E-state index contributed by atoms with van der Waals surface area (Å²) in [4.78, 5) is 19.8. The van der Waals surface area contributed by atoms with Crippen molar-refractivity contribution in [3.8, 4) is 5.69 Å². The Balaban J connectivity index is 1.49. The SMILES string of the molecule is O=C(NCCNc1ncc(C(F)(F)F)cc1Cl)c1ccc(-n2ccnc2)cc1. The van der Waals surface area contributed by atoms with E-state index < -0.39 is 11.7 Å². The van der Waals surface area contributed by atoms with Gasteiger partial charge in [0.05, 0.1) is 16.9 Å². The monoisotopic (exact) mass is 409 g/mol. The molecule has 6 nitrogen and oxygen atoms in total. The predicted octanol–water partition coefficient (Wildman–Crippen LogP) is 3.78. The number of anilines is 1. The molecule has 1 amide bonds. The maximum absolute atomic E-state index is 12.6. The molecule has 0 spiro atoms. The summed E-state index contributed by atoms with van der Waals surface area (Å²) < 4.78 is 39.6. The van der Waals surface area contributed by atoms with Crippen molar-refractivity contribution in [1.82, 2.24) is 19.9 Å². The molecule has 0 fully saturated rings. The summed E-state index contributed by atoms with van der Waals surface area (Å²) in [5.41, 5.74) is 0.434. The number of halogens is 4. The van der Waals surface area contributed by atoms with Crippen LogP contribution in [0.3, 0.4) is 0 Å². The number of imidazole rings is 1. The molecule has 0 aliphatic carbocycles. The molecule has 0 saturated carbocycles. The van der Waals surface area contributed by atoms with Crippen molar-refractivity contribution in [2.75, 3.05) is 18.4 Å². The fourth-order valence-corrected chi connectivity index (χ4v) is 2.61. The van der Waals surface area contributed by atoms with Gasteiger partial charge in [-0.2, -0.15) is 13.2 Å². The number of hydrogen-bond donors (Lipinski definition) is 2. The Morgan fingerprint density at radius 2 is 1.93 bits per heavy atom. The Morgan fingerprint density at radius 1 is 1.18 bits per heavy atom. The van der Waals surface area contributed by atoms with Crippen molar-refractivity contribution in [3.05, 3.63) is 71.4 Å². The van der Waals surface area contributed by atoms with Crippen LogP contribution < -0.4 is 10.6 Å². The molecule has 3 rings (SSSR count). The van der Waals surface area contributed by atoms with E-state index in [0.717, 1.165) is 11.8 Å². The molecule has 10 heteroatoms. The highest BCUT2D eigenvalue weighted by Crippen LogP contribution is 2.32. The summed E-state index contributed by atoms with van der Waals surface area (Å²) in [7, 11) is 0. The summed E-state index contributed by atoms with van der Waals surface area (Å²) in [6.07, 6.45) is 1.30. The second-order valence-corrected chi connectivity index (χ2v) is 6.16. The molecular weight excluding hydrogens is 395 g/mol. The zero-order valence-electron chi connectivity index (χ0n) is 14.4. The van der Waals surface area contributed by atoms with Crippen LogP contribution in [0.25, 0.3) is 5.69 Å². The fraction of sp³-hybridized carbons (Fsp3) is 0.167. The molecule has 146 valence electrons. The molecule has 0 aliphatic heterocycles. The van der Waals surface area contributed by atoms with Gasteiger partial charge in [-0.15, -0.1) is 0 Å². The van der Waals surface area contributed by atoms with Crippen LogP contribution in [0.1, 0.15) is 15.9 Å². The van der Waals surface area contributed by atoms with Crippen LogP contribution in [-0.2, 0) is 6.18 Å². The highest BCUT2D eigenvalue weighted by atomic mass is 35.5. The van der Waals surface area contributed by atoms with Gasteiger partial charge in [-0.05, 0) is 30.3 Å². The molecule has 1 aromatic carbocycles. The van der Waals surface area contributed by atoms with Crippen molar-refractivity contribution >= 4 is 23.3 Å². The van der Waals surface area contributed by atoms with E-state index >= 15 is 0 Å². The topological polar surface area (TPSA) is 71.8 Å². The van der Waals surface area contributed by atoms with Crippen molar-refractivity contribution < 1.29 is 18.0 Å². The summed E-state index contributed by atoms with van der Waals surface area (Å²) in [5.74, 6) is -0.154. The van der Waals surface area contributed by atoms with Crippen LogP contribution >= 0.6 is 11.6 Å². The molecule has 0 aliphatic rings. The van der Waals surface area contributed by atoms with Crippen molar-refractivity contribution in [1.29, 1.82) is 0 Å². The number of nitrogens with zero attached hydrogens (tertiary/aromatic N) is 3. The minimum absolute atomic E-state index is 0.119. The van der Waals surface area contributed by atoms with Gasteiger partial charge in [-0.25, -0.2) is 9.97 Å². The first kappa shape index (κ1) is 19.7. The maximum Gasteiger partial charge on any atom is 0.417 e. The third kappa shape index (κ3) is 4.80. The van der Waals surface area contributed by atoms with E-state index in [4.69, 9.17) is 11.6 Å². The van der Waals surface area contributed by atoms with Crippen LogP contribution in [0, 0.1) is 0 Å². The lowest BCUT2D eigenvalue weighted by Crippen LogP contribution is -2.29. The van der Waals surface area contributed by atoms with Gasteiger partial charge in [0.25, 0.3) is 5.91 Å². The van der Waals surface area contributed by atoms with Crippen LogP contribution in [0.2, 0.25) is 5.02 Å². The van der Waals surface area contributed by atoms with Crippen LogP contribution in [0.4, 0.5) is 19.0 Å². The third-order valence-electron chi connectivity index (χ3n) is 3.80. The maximum atomic E-state index is 12.6. The van der Waals surface area contributed by atoms with E-state index in [2.05, 4.69) is 20.6 Å². The second kappa shape index (κ2) is 8.30. The number of amides is 1. The molecule has 0 saturated heterocycles. The molecule has 0 radical (unpaired) electrons. The molecule has 28 heavy (non-hydrogen) atoms. The number of alkyl halides is 3. The van der Waals surface area contributed by atoms with Crippen LogP contribution in [0.15, 0.2) is 55.2 Å². The lowest BCUT2D eigenvalue weighted by molar-refractivity contribution is -0.137. The van der Waals surface area contributed by atoms with Crippen molar-refractivity contribution in [2.24, 2.45) is 0 Å². The summed E-state index contributed by atoms with van der Waals surface area (Å²) in [6.45, 7) is 0.484. The normalized spacial score (nSPS) is 11.3. The Morgan fingerprint density at radius 3 is 2.54 bits per heavy atom.